The van der Waals surface area contributed by atoms with E-state index < -0.39 is 0 Å². The summed E-state index contributed by atoms with van der Waals surface area (Å²) in [5, 5.41) is 0.569. The number of fused-ring (bicyclic) bond motifs is 2. The SMILES string of the molecule is CN1C[C@H]2C[C@@H](N(C)C(=O)CCn3cnc4ccccc4c3=O)C[C@H]2CC1=O. The molecule has 2 fully saturated rings. The fourth-order valence-electron chi connectivity index (χ4n) is 4.67. The summed E-state index contributed by atoms with van der Waals surface area (Å²) in [6.07, 6.45) is 4.22. The van der Waals surface area contributed by atoms with Crippen molar-refractivity contribution in [1.29, 1.82) is 0 Å². The Hall–Kier alpha value is -2.70. The van der Waals surface area contributed by atoms with Gasteiger partial charge in [-0.05, 0) is 36.8 Å². The van der Waals surface area contributed by atoms with Crippen molar-refractivity contribution >= 4 is 22.7 Å². The van der Waals surface area contributed by atoms with E-state index in [2.05, 4.69) is 4.98 Å². The first kappa shape index (κ1) is 18.7. The molecule has 0 radical (unpaired) electrons. The average molecular weight is 382 g/mol. The molecule has 1 aromatic carbocycles. The predicted molar refractivity (Wildman–Crippen MR) is 106 cm³/mol. The number of rotatable bonds is 4. The molecule has 0 unspecified atom stereocenters. The van der Waals surface area contributed by atoms with E-state index in [1.54, 1.807) is 6.07 Å². The number of para-hydroxylation sites is 1. The Kier molecular flexibility index (Phi) is 4.91. The molecule has 28 heavy (non-hydrogen) atoms. The zero-order valence-electron chi connectivity index (χ0n) is 16.4. The molecule has 1 aromatic heterocycles. The van der Waals surface area contributed by atoms with Crippen molar-refractivity contribution in [2.75, 3.05) is 20.6 Å². The van der Waals surface area contributed by atoms with Gasteiger partial charge in [0.1, 0.15) is 0 Å². The Bertz CT molecular complexity index is 970. The van der Waals surface area contributed by atoms with Crippen molar-refractivity contribution in [2.45, 2.75) is 38.3 Å². The Morgan fingerprint density at radius 3 is 2.79 bits per heavy atom. The van der Waals surface area contributed by atoms with Crippen molar-refractivity contribution in [3.05, 3.63) is 40.9 Å². The van der Waals surface area contributed by atoms with Crippen LogP contribution in [0.15, 0.2) is 35.4 Å². The average Bonchev–Trinajstić information content (AvgIpc) is 3.09. The molecule has 2 aromatic rings. The molecule has 1 aliphatic carbocycles. The van der Waals surface area contributed by atoms with Gasteiger partial charge in [0.2, 0.25) is 11.8 Å². The lowest BCUT2D eigenvalue weighted by atomic mass is 9.88. The number of carbonyl (C=O) groups is 2. The maximum atomic E-state index is 12.7. The zero-order valence-corrected chi connectivity index (χ0v) is 16.4. The highest BCUT2D eigenvalue weighted by atomic mass is 16.2. The monoisotopic (exact) mass is 382 g/mol. The molecule has 1 saturated heterocycles. The summed E-state index contributed by atoms with van der Waals surface area (Å²) in [6, 6.07) is 7.40. The molecule has 7 nitrogen and oxygen atoms in total. The van der Waals surface area contributed by atoms with E-state index in [-0.39, 0.29) is 29.8 Å². The molecular weight excluding hydrogens is 356 g/mol. The highest BCUT2D eigenvalue weighted by Crippen LogP contribution is 2.40. The van der Waals surface area contributed by atoms with E-state index in [1.165, 1.54) is 10.9 Å². The molecule has 148 valence electrons. The third-order valence-corrected chi connectivity index (χ3v) is 6.43. The summed E-state index contributed by atoms with van der Waals surface area (Å²) >= 11 is 0. The minimum Gasteiger partial charge on any atom is -0.345 e. The second-order valence-corrected chi connectivity index (χ2v) is 8.14. The summed E-state index contributed by atoms with van der Waals surface area (Å²) < 4.78 is 1.51. The minimum atomic E-state index is -0.116. The number of hydrogen-bond acceptors (Lipinski definition) is 4. The number of amides is 2. The van der Waals surface area contributed by atoms with Gasteiger partial charge in [-0.15, -0.1) is 0 Å². The number of nitrogens with zero attached hydrogens (tertiary/aromatic N) is 4. The molecular formula is C21H26N4O3. The van der Waals surface area contributed by atoms with E-state index in [4.69, 9.17) is 0 Å². The third kappa shape index (κ3) is 3.41. The smallest absolute Gasteiger partial charge is 0.261 e. The quantitative estimate of drug-likeness (QED) is 0.803. The van der Waals surface area contributed by atoms with Crippen LogP contribution in [0.2, 0.25) is 0 Å². The summed E-state index contributed by atoms with van der Waals surface area (Å²) in [7, 11) is 3.70. The van der Waals surface area contributed by atoms with Gasteiger partial charge in [0, 0.05) is 46.1 Å². The van der Waals surface area contributed by atoms with E-state index in [0.717, 1.165) is 19.4 Å². The first-order valence-electron chi connectivity index (χ1n) is 9.88. The van der Waals surface area contributed by atoms with Gasteiger partial charge in [-0.1, -0.05) is 12.1 Å². The molecule has 1 aliphatic heterocycles. The number of carbonyl (C=O) groups excluding carboxylic acids is 2. The van der Waals surface area contributed by atoms with E-state index in [9.17, 15) is 14.4 Å². The molecule has 3 atom stereocenters. The van der Waals surface area contributed by atoms with Crippen LogP contribution in [-0.4, -0.2) is 57.8 Å². The van der Waals surface area contributed by atoms with Crippen LogP contribution in [0.1, 0.15) is 25.7 Å². The van der Waals surface area contributed by atoms with Crippen molar-refractivity contribution in [1.82, 2.24) is 19.4 Å². The lowest BCUT2D eigenvalue weighted by molar-refractivity contribution is -0.135. The van der Waals surface area contributed by atoms with Crippen LogP contribution in [0.4, 0.5) is 0 Å². The highest BCUT2D eigenvalue weighted by molar-refractivity contribution is 5.78. The van der Waals surface area contributed by atoms with Crippen molar-refractivity contribution < 1.29 is 9.59 Å². The molecule has 7 heteroatoms. The molecule has 0 spiro atoms. The maximum absolute atomic E-state index is 12.7. The van der Waals surface area contributed by atoms with Crippen LogP contribution in [0, 0.1) is 11.8 Å². The van der Waals surface area contributed by atoms with Crippen LogP contribution >= 0.6 is 0 Å². The molecule has 0 N–H and O–H groups in total. The topological polar surface area (TPSA) is 75.5 Å². The minimum absolute atomic E-state index is 0.0309. The fraction of sp³-hybridized carbons (Fsp3) is 0.524. The lowest BCUT2D eigenvalue weighted by Crippen LogP contribution is -2.40. The zero-order chi connectivity index (χ0) is 19.8. The Balaban J connectivity index is 1.39. The van der Waals surface area contributed by atoms with Crippen LogP contribution in [0.3, 0.4) is 0 Å². The molecule has 0 bridgehead atoms. The maximum Gasteiger partial charge on any atom is 0.261 e. The van der Waals surface area contributed by atoms with E-state index in [1.807, 2.05) is 42.1 Å². The van der Waals surface area contributed by atoms with Crippen molar-refractivity contribution in [3.8, 4) is 0 Å². The summed E-state index contributed by atoms with van der Waals surface area (Å²) in [4.78, 5) is 45.2. The van der Waals surface area contributed by atoms with Crippen LogP contribution in [0.25, 0.3) is 10.9 Å². The largest absolute Gasteiger partial charge is 0.345 e. The Morgan fingerprint density at radius 2 is 1.96 bits per heavy atom. The number of piperidine rings is 1. The standard InChI is InChI=1S/C21H26N4O3/c1-23-12-15-10-16(9-14(15)11-20(23)27)24(2)19(26)7-8-25-13-22-18-6-4-3-5-17(18)21(25)28/h3-6,13-16H,7-12H2,1-2H3/t14-,15+,16-/m0/s1. The first-order valence-corrected chi connectivity index (χ1v) is 9.88. The first-order chi connectivity index (χ1) is 13.4. The number of likely N-dealkylation sites (tertiary alicyclic amines) is 1. The van der Waals surface area contributed by atoms with Crippen molar-refractivity contribution in [3.63, 3.8) is 0 Å². The Morgan fingerprint density at radius 1 is 1.21 bits per heavy atom. The van der Waals surface area contributed by atoms with Gasteiger partial charge in [-0.3, -0.25) is 19.0 Å². The van der Waals surface area contributed by atoms with Gasteiger partial charge in [-0.2, -0.15) is 0 Å². The van der Waals surface area contributed by atoms with Crippen LogP contribution in [-0.2, 0) is 16.1 Å². The van der Waals surface area contributed by atoms with E-state index >= 15 is 0 Å². The molecule has 2 aliphatic rings. The van der Waals surface area contributed by atoms with E-state index in [0.29, 0.717) is 35.7 Å². The van der Waals surface area contributed by atoms with Gasteiger partial charge >= 0.3 is 0 Å². The second-order valence-electron chi connectivity index (χ2n) is 8.14. The molecule has 4 rings (SSSR count). The number of benzene rings is 1. The molecule has 1 saturated carbocycles. The highest BCUT2D eigenvalue weighted by Gasteiger charge is 2.42. The lowest BCUT2D eigenvalue weighted by Gasteiger charge is -2.31. The number of aromatic nitrogens is 2. The Labute approximate surface area is 163 Å². The van der Waals surface area contributed by atoms with Gasteiger partial charge in [0.15, 0.2) is 0 Å². The van der Waals surface area contributed by atoms with Gasteiger partial charge in [0.25, 0.3) is 5.56 Å². The second kappa shape index (κ2) is 7.37. The van der Waals surface area contributed by atoms with Gasteiger partial charge < -0.3 is 9.80 Å². The molecule has 2 heterocycles. The fourth-order valence-corrected chi connectivity index (χ4v) is 4.67. The van der Waals surface area contributed by atoms with Crippen molar-refractivity contribution in [2.24, 2.45) is 11.8 Å². The number of aryl methyl sites for hydroxylation is 1. The summed E-state index contributed by atoms with van der Waals surface area (Å²) in [6.45, 7) is 1.11. The molecule has 2 amide bonds. The number of hydrogen-bond donors (Lipinski definition) is 0. The predicted octanol–water partition coefficient (Wildman–Crippen LogP) is 1.50. The van der Waals surface area contributed by atoms with Crippen LogP contribution in [0.5, 0.6) is 0 Å². The normalized spacial score (nSPS) is 24.4. The summed E-state index contributed by atoms with van der Waals surface area (Å²) in [5.41, 5.74) is 0.551. The van der Waals surface area contributed by atoms with Gasteiger partial charge in [-0.25, -0.2) is 4.98 Å². The summed E-state index contributed by atoms with van der Waals surface area (Å²) in [5.74, 6) is 1.11. The van der Waals surface area contributed by atoms with Crippen LogP contribution < -0.4 is 5.56 Å². The van der Waals surface area contributed by atoms with Gasteiger partial charge in [0.05, 0.1) is 17.2 Å². The third-order valence-electron chi connectivity index (χ3n) is 6.43.